The second-order valence-corrected chi connectivity index (χ2v) is 11.3. The highest BCUT2D eigenvalue weighted by molar-refractivity contribution is 5.94. The van der Waals surface area contributed by atoms with Crippen molar-refractivity contribution in [3.63, 3.8) is 0 Å². The first-order chi connectivity index (χ1) is 23.2. The Labute approximate surface area is 278 Å². The third kappa shape index (κ3) is 9.41. The number of benzene rings is 2. The van der Waals surface area contributed by atoms with E-state index >= 15 is 0 Å². The summed E-state index contributed by atoms with van der Waals surface area (Å²) in [6, 6.07) is 8.40. The van der Waals surface area contributed by atoms with Gasteiger partial charge in [0.05, 0.1) is 37.3 Å². The smallest absolute Gasteiger partial charge is 0.416 e. The van der Waals surface area contributed by atoms with Crippen molar-refractivity contribution >= 4 is 23.8 Å². The van der Waals surface area contributed by atoms with Crippen LogP contribution < -0.4 is 5.43 Å². The maximum Gasteiger partial charge on any atom is 0.416 e. The summed E-state index contributed by atoms with van der Waals surface area (Å²) in [4.78, 5) is 57.1. The van der Waals surface area contributed by atoms with Crippen LogP contribution in [0.5, 0.6) is 0 Å². The molecule has 49 heavy (non-hydrogen) atoms. The fraction of sp³-hybridized carbons (Fsp3) is 0.500. The minimum absolute atomic E-state index is 0.0326. The van der Waals surface area contributed by atoms with Gasteiger partial charge < -0.3 is 19.3 Å². The summed E-state index contributed by atoms with van der Waals surface area (Å²) in [5.74, 6) is -1.60. The summed E-state index contributed by atoms with van der Waals surface area (Å²) >= 11 is 0. The first-order valence-corrected chi connectivity index (χ1v) is 15.7. The lowest BCUT2D eigenvalue weighted by molar-refractivity contribution is -0.170. The molecule has 3 aliphatic heterocycles. The monoisotopic (exact) mass is 701 g/mol. The molecule has 3 fully saturated rings. The molecule has 5 rings (SSSR count). The molecule has 2 aromatic rings. The number of ether oxygens (including phenoxy) is 2. The van der Waals surface area contributed by atoms with E-state index in [-0.39, 0.29) is 32.1 Å². The van der Waals surface area contributed by atoms with Gasteiger partial charge in [-0.15, -0.1) is 0 Å². The van der Waals surface area contributed by atoms with Gasteiger partial charge in [0.25, 0.3) is 0 Å². The lowest BCUT2D eigenvalue weighted by Crippen LogP contribution is -2.71. The van der Waals surface area contributed by atoms with Gasteiger partial charge in [0, 0.05) is 32.6 Å². The minimum Gasteiger partial charge on any atom is -0.444 e. The third-order valence-electron chi connectivity index (χ3n) is 7.98. The Balaban J connectivity index is 0.00000265. The highest BCUT2D eigenvalue weighted by Gasteiger charge is 2.50. The van der Waals surface area contributed by atoms with E-state index in [0.717, 1.165) is 15.4 Å². The van der Waals surface area contributed by atoms with E-state index in [0.29, 0.717) is 38.4 Å². The molecule has 17 heteroatoms. The molecule has 268 valence electrons. The molecule has 11 nitrogen and oxygen atoms in total. The van der Waals surface area contributed by atoms with Gasteiger partial charge in [0.2, 0.25) is 17.7 Å². The molecule has 3 heterocycles. The number of morpholine rings is 1. The van der Waals surface area contributed by atoms with Gasteiger partial charge in [-0.1, -0.05) is 44.2 Å². The van der Waals surface area contributed by atoms with Gasteiger partial charge >= 0.3 is 18.4 Å². The number of hydrogen-bond donors (Lipinski definition) is 1. The Bertz CT molecular complexity index is 1450. The van der Waals surface area contributed by atoms with Crippen LogP contribution >= 0.6 is 0 Å². The summed E-state index contributed by atoms with van der Waals surface area (Å²) in [5, 5.41) is 1.62. The van der Waals surface area contributed by atoms with Crippen molar-refractivity contribution in [2.45, 2.75) is 64.4 Å². The number of rotatable bonds is 7. The van der Waals surface area contributed by atoms with Crippen LogP contribution in [0.4, 0.5) is 31.1 Å². The number of amides is 4. The van der Waals surface area contributed by atoms with E-state index in [1.165, 1.54) is 4.90 Å². The highest BCUT2D eigenvalue weighted by Crippen LogP contribution is 2.37. The quantitative estimate of drug-likeness (QED) is 0.426. The van der Waals surface area contributed by atoms with E-state index < -0.39 is 78.1 Å². The average Bonchev–Trinajstić information content (AvgIpc) is 3.06. The molecule has 2 atom stereocenters. The Morgan fingerprint density at radius 3 is 2.10 bits per heavy atom. The highest BCUT2D eigenvalue weighted by atomic mass is 19.4. The van der Waals surface area contributed by atoms with Crippen LogP contribution in [0.1, 0.15) is 48.9 Å². The molecule has 0 spiro atoms. The van der Waals surface area contributed by atoms with Crippen LogP contribution in [-0.4, -0.2) is 95.1 Å². The largest absolute Gasteiger partial charge is 0.444 e. The van der Waals surface area contributed by atoms with E-state index in [4.69, 9.17) is 9.47 Å². The number of fused-ring (bicyclic) bond motifs is 1. The van der Waals surface area contributed by atoms with Crippen LogP contribution in [0.25, 0.3) is 0 Å². The Morgan fingerprint density at radius 2 is 1.51 bits per heavy atom. The predicted molar refractivity (Wildman–Crippen MR) is 161 cm³/mol. The van der Waals surface area contributed by atoms with Gasteiger partial charge in [0.1, 0.15) is 18.8 Å². The maximum absolute atomic E-state index is 13.8. The van der Waals surface area contributed by atoms with E-state index in [9.17, 15) is 45.5 Å². The number of alkyl halides is 6. The lowest BCUT2D eigenvalue weighted by Gasteiger charge is -2.51. The zero-order chi connectivity index (χ0) is 35.9. The molecule has 1 unspecified atom stereocenters. The topological polar surface area (TPSA) is 112 Å². The molecule has 2 aromatic carbocycles. The molecule has 4 amide bonds. The summed E-state index contributed by atoms with van der Waals surface area (Å²) in [6.45, 7) is 4.35. The number of carbonyl (C=O) groups is 4. The van der Waals surface area contributed by atoms with Crippen LogP contribution in [0, 0.1) is 0 Å². The normalized spacial score (nSPS) is 20.3. The zero-order valence-electron chi connectivity index (χ0n) is 26.9. The van der Waals surface area contributed by atoms with Gasteiger partial charge in [-0.05, 0) is 29.3 Å². The molecular formula is C32H37F6N5O6. The molecule has 0 saturated carbocycles. The first kappa shape index (κ1) is 37.4. The predicted octanol–water partition coefficient (Wildman–Crippen LogP) is 4.41. The van der Waals surface area contributed by atoms with Gasteiger partial charge in [-0.3, -0.25) is 24.7 Å². The van der Waals surface area contributed by atoms with Gasteiger partial charge in [-0.25, -0.2) is 9.80 Å². The summed E-state index contributed by atoms with van der Waals surface area (Å²) in [5.41, 5.74) is -0.238. The molecule has 1 N–H and O–H groups in total. The van der Waals surface area contributed by atoms with Gasteiger partial charge in [-0.2, -0.15) is 26.3 Å². The van der Waals surface area contributed by atoms with Crippen molar-refractivity contribution in [1.29, 1.82) is 0 Å². The number of hydrazine groups is 1. The van der Waals surface area contributed by atoms with Crippen LogP contribution in [0.15, 0.2) is 48.5 Å². The zero-order valence-corrected chi connectivity index (χ0v) is 26.9. The van der Waals surface area contributed by atoms with Crippen LogP contribution in [0.2, 0.25) is 0 Å². The van der Waals surface area contributed by atoms with Crippen molar-refractivity contribution in [3.05, 3.63) is 70.8 Å². The number of halogens is 6. The Hall–Kier alpha value is -4.38. The molecule has 0 radical (unpaired) electrons. The van der Waals surface area contributed by atoms with Crippen LogP contribution in [-0.2, 0) is 49.4 Å². The van der Waals surface area contributed by atoms with Crippen molar-refractivity contribution in [1.82, 2.24) is 25.1 Å². The number of carbonyl (C=O) groups excluding carboxylic acids is 4. The molecule has 3 aliphatic rings. The van der Waals surface area contributed by atoms with E-state index in [1.807, 2.05) is 13.8 Å². The molecule has 0 aromatic heterocycles. The average molecular weight is 702 g/mol. The first-order valence-electron chi connectivity index (χ1n) is 15.7. The molecule has 3 saturated heterocycles. The molecule has 0 bridgehead atoms. The summed E-state index contributed by atoms with van der Waals surface area (Å²) < 4.78 is 90.5. The number of nitrogens with zero attached hydrogens (tertiary/aromatic N) is 4. The number of hydrogen-bond acceptors (Lipinski definition) is 7. The molecular weight excluding hydrogens is 664 g/mol. The number of nitrogens with one attached hydrogen (secondary N) is 1. The second kappa shape index (κ2) is 15.9. The lowest BCUT2D eigenvalue weighted by atomic mass is 10.0. The maximum atomic E-state index is 13.8. The van der Waals surface area contributed by atoms with Crippen molar-refractivity contribution in [2.75, 3.05) is 39.4 Å². The summed E-state index contributed by atoms with van der Waals surface area (Å²) in [6.07, 6.45) is -13.1. The van der Waals surface area contributed by atoms with Gasteiger partial charge in [0.15, 0.2) is 0 Å². The fourth-order valence-electron chi connectivity index (χ4n) is 5.74. The van der Waals surface area contributed by atoms with E-state index in [2.05, 4.69) is 5.43 Å². The Morgan fingerprint density at radius 1 is 0.898 bits per heavy atom. The molecule has 0 aliphatic carbocycles. The standard InChI is InChI=1S/C30H31F6N5O6.C2H6/c31-29(32,33)21-12-20(13-22(14-21)30(34,35)36)18-47-28(45)40-7-6-26(43)41-23(15-24(42)37-39-8-10-46-11-9-39)27(44)38(17-25(40)41)16-19-4-2-1-3-5-19;1-2/h1-5,12-14,23,25H,6-11,15-18H2,(H,37,42);1-2H3/t23-,25?;/m0./s1. The fourth-order valence-corrected chi connectivity index (χ4v) is 5.74. The third-order valence-corrected chi connectivity index (χ3v) is 7.98. The Kier molecular flexibility index (Phi) is 12.1. The minimum atomic E-state index is -5.09. The van der Waals surface area contributed by atoms with Crippen molar-refractivity contribution in [3.8, 4) is 0 Å². The van der Waals surface area contributed by atoms with Crippen LogP contribution in [0.3, 0.4) is 0 Å². The van der Waals surface area contributed by atoms with E-state index in [1.54, 1.807) is 35.3 Å². The van der Waals surface area contributed by atoms with Crippen molar-refractivity contribution < 1.29 is 55.0 Å². The number of piperazine rings is 1. The SMILES string of the molecule is CC.O=C(C[C@H]1C(=O)N(Cc2ccccc2)CC2N(C(=O)OCc3cc(C(F)(F)F)cc(C(F)(F)F)c3)CCC(=O)N21)NN1CCOCC1. The summed E-state index contributed by atoms with van der Waals surface area (Å²) in [7, 11) is 0. The second-order valence-electron chi connectivity index (χ2n) is 11.3. The van der Waals surface area contributed by atoms with Crippen molar-refractivity contribution in [2.24, 2.45) is 0 Å².